The summed E-state index contributed by atoms with van der Waals surface area (Å²) in [6.45, 7) is 2.01. The van der Waals surface area contributed by atoms with Crippen LogP contribution in [0.1, 0.15) is 23.1 Å². The number of benzene rings is 2. The number of H-pyrrole nitrogens is 1. The fourth-order valence-corrected chi connectivity index (χ4v) is 2.11. The molecule has 3 aromatic rings. The van der Waals surface area contributed by atoms with Gasteiger partial charge in [0, 0.05) is 17.7 Å². The van der Waals surface area contributed by atoms with Crippen LogP contribution >= 0.6 is 0 Å². The van der Waals surface area contributed by atoms with Crippen molar-refractivity contribution in [2.75, 3.05) is 5.32 Å². The fraction of sp³-hybridized carbons (Fsp3) is 0.125. The largest absolute Gasteiger partial charge is 0.342 e. The number of fused-ring (bicyclic) bond motifs is 1. The number of aryl methyl sites for hydroxylation is 1. The molecule has 0 bridgehead atoms. The molecule has 1 aromatic heterocycles. The van der Waals surface area contributed by atoms with E-state index in [4.69, 9.17) is 0 Å². The van der Waals surface area contributed by atoms with E-state index < -0.39 is 0 Å². The molecule has 0 aliphatic heterocycles. The van der Waals surface area contributed by atoms with Crippen LogP contribution in [0.3, 0.4) is 0 Å². The van der Waals surface area contributed by atoms with Crippen LogP contribution in [0.4, 0.5) is 10.1 Å². The molecule has 3 rings (SSSR count). The second kappa shape index (κ2) is 5.36. The number of halogens is 1. The lowest BCUT2D eigenvalue weighted by atomic mass is 10.2. The first kappa shape index (κ1) is 13.3. The van der Waals surface area contributed by atoms with Gasteiger partial charge in [0.05, 0.1) is 11.0 Å². The van der Waals surface area contributed by atoms with Crippen LogP contribution in [0, 0.1) is 5.82 Å². The number of hydrogen-bond acceptors (Lipinski definition) is 2. The van der Waals surface area contributed by atoms with E-state index in [1.54, 1.807) is 12.1 Å². The summed E-state index contributed by atoms with van der Waals surface area (Å²) in [6.07, 6.45) is 0.811. The molecular weight excluding hydrogens is 269 g/mol. The lowest BCUT2D eigenvalue weighted by molar-refractivity contribution is 0.102. The smallest absolute Gasteiger partial charge is 0.255 e. The Bertz CT molecular complexity index is 793. The molecule has 0 spiro atoms. The Balaban J connectivity index is 1.85. The minimum absolute atomic E-state index is 0.240. The predicted octanol–water partition coefficient (Wildman–Crippen LogP) is 3.52. The van der Waals surface area contributed by atoms with Crippen molar-refractivity contribution in [1.82, 2.24) is 9.97 Å². The number of anilines is 1. The van der Waals surface area contributed by atoms with E-state index in [1.807, 2.05) is 13.0 Å². The summed E-state index contributed by atoms with van der Waals surface area (Å²) in [5.74, 6) is 0.316. The average Bonchev–Trinajstić information content (AvgIpc) is 2.91. The number of hydrogen-bond donors (Lipinski definition) is 2. The molecule has 2 N–H and O–H groups in total. The highest BCUT2D eigenvalue weighted by atomic mass is 19.1. The van der Waals surface area contributed by atoms with Crippen molar-refractivity contribution < 1.29 is 9.18 Å². The van der Waals surface area contributed by atoms with Crippen molar-refractivity contribution in [3.8, 4) is 0 Å². The van der Waals surface area contributed by atoms with Gasteiger partial charge in [0.1, 0.15) is 11.6 Å². The van der Waals surface area contributed by atoms with E-state index in [-0.39, 0.29) is 11.7 Å². The molecular formula is C16H14FN3O. The SMILES string of the molecule is CCc1nc2ccc(C(=O)Nc3ccc(F)cc3)cc2[nH]1. The minimum atomic E-state index is -0.334. The molecule has 5 heteroatoms. The van der Waals surface area contributed by atoms with Gasteiger partial charge in [0.2, 0.25) is 0 Å². The second-order valence-corrected chi connectivity index (χ2v) is 4.73. The first-order valence-electron chi connectivity index (χ1n) is 6.71. The van der Waals surface area contributed by atoms with Crippen LogP contribution in [0.15, 0.2) is 42.5 Å². The standard InChI is InChI=1S/C16H14FN3O/c1-2-15-19-13-8-3-10(9-14(13)20-15)16(21)18-12-6-4-11(17)5-7-12/h3-9H,2H2,1H3,(H,18,21)(H,19,20). The minimum Gasteiger partial charge on any atom is -0.342 e. The van der Waals surface area contributed by atoms with Gasteiger partial charge in [-0.3, -0.25) is 4.79 Å². The van der Waals surface area contributed by atoms with E-state index in [0.717, 1.165) is 23.3 Å². The van der Waals surface area contributed by atoms with Crippen molar-refractivity contribution >= 4 is 22.6 Å². The van der Waals surface area contributed by atoms with E-state index >= 15 is 0 Å². The zero-order valence-electron chi connectivity index (χ0n) is 11.5. The molecule has 2 aromatic carbocycles. The van der Waals surface area contributed by atoms with Crippen LogP contribution in [-0.2, 0) is 6.42 Å². The first-order chi connectivity index (χ1) is 10.2. The molecule has 106 valence electrons. The number of imidazole rings is 1. The Labute approximate surface area is 121 Å². The highest BCUT2D eigenvalue weighted by molar-refractivity contribution is 6.05. The van der Waals surface area contributed by atoms with Gasteiger partial charge in [-0.25, -0.2) is 9.37 Å². The number of aromatic amines is 1. The van der Waals surface area contributed by atoms with Crippen molar-refractivity contribution in [3.63, 3.8) is 0 Å². The molecule has 4 nitrogen and oxygen atoms in total. The normalized spacial score (nSPS) is 10.8. The number of carbonyl (C=O) groups excluding carboxylic acids is 1. The monoisotopic (exact) mass is 283 g/mol. The van der Waals surface area contributed by atoms with E-state index in [2.05, 4.69) is 15.3 Å². The summed E-state index contributed by atoms with van der Waals surface area (Å²) >= 11 is 0. The van der Waals surface area contributed by atoms with Crippen molar-refractivity contribution in [3.05, 3.63) is 59.7 Å². The number of amides is 1. The quantitative estimate of drug-likeness (QED) is 0.772. The Morgan fingerprint density at radius 2 is 2.00 bits per heavy atom. The lowest BCUT2D eigenvalue weighted by Gasteiger charge is -2.05. The van der Waals surface area contributed by atoms with Crippen molar-refractivity contribution in [1.29, 1.82) is 0 Å². The van der Waals surface area contributed by atoms with Gasteiger partial charge in [-0.05, 0) is 42.5 Å². The zero-order valence-corrected chi connectivity index (χ0v) is 11.5. The number of nitrogens with zero attached hydrogens (tertiary/aromatic N) is 1. The highest BCUT2D eigenvalue weighted by Crippen LogP contribution is 2.16. The Morgan fingerprint density at radius 1 is 1.24 bits per heavy atom. The maximum atomic E-state index is 12.8. The maximum Gasteiger partial charge on any atom is 0.255 e. The zero-order chi connectivity index (χ0) is 14.8. The average molecular weight is 283 g/mol. The molecule has 0 radical (unpaired) electrons. The van der Waals surface area contributed by atoms with Gasteiger partial charge in [-0.1, -0.05) is 6.92 Å². The van der Waals surface area contributed by atoms with Gasteiger partial charge in [-0.15, -0.1) is 0 Å². The van der Waals surface area contributed by atoms with Crippen molar-refractivity contribution in [2.24, 2.45) is 0 Å². The van der Waals surface area contributed by atoms with Gasteiger partial charge >= 0.3 is 0 Å². The number of nitrogens with one attached hydrogen (secondary N) is 2. The molecule has 0 atom stereocenters. The summed E-state index contributed by atoms with van der Waals surface area (Å²) < 4.78 is 12.8. The Morgan fingerprint density at radius 3 is 2.71 bits per heavy atom. The number of carbonyl (C=O) groups is 1. The van der Waals surface area contributed by atoms with Gasteiger partial charge in [0.15, 0.2) is 0 Å². The Hall–Kier alpha value is -2.69. The summed E-state index contributed by atoms with van der Waals surface area (Å²) in [5.41, 5.74) is 2.75. The number of aromatic nitrogens is 2. The molecule has 0 aliphatic rings. The third-order valence-corrected chi connectivity index (χ3v) is 3.23. The molecule has 0 fully saturated rings. The Kier molecular flexibility index (Phi) is 3.39. The molecule has 0 aliphatic carbocycles. The molecule has 0 saturated carbocycles. The summed E-state index contributed by atoms with van der Waals surface area (Å²) in [4.78, 5) is 19.7. The van der Waals surface area contributed by atoms with Crippen LogP contribution in [0.5, 0.6) is 0 Å². The van der Waals surface area contributed by atoms with E-state index in [9.17, 15) is 9.18 Å². The first-order valence-corrected chi connectivity index (χ1v) is 6.71. The van der Waals surface area contributed by atoms with Gasteiger partial charge in [0.25, 0.3) is 5.91 Å². The van der Waals surface area contributed by atoms with Crippen LogP contribution in [0.25, 0.3) is 11.0 Å². The van der Waals surface area contributed by atoms with E-state index in [1.165, 1.54) is 24.3 Å². The van der Waals surface area contributed by atoms with Crippen molar-refractivity contribution in [2.45, 2.75) is 13.3 Å². The molecule has 1 amide bonds. The second-order valence-electron chi connectivity index (χ2n) is 4.73. The summed E-state index contributed by atoms with van der Waals surface area (Å²) in [5, 5.41) is 2.73. The van der Waals surface area contributed by atoms with Crippen LogP contribution in [0.2, 0.25) is 0 Å². The summed E-state index contributed by atoms with van der Waals surface area (Å²) in [7, 11) is 0. The molecule has 21 heavy (non-hydrogen) atoms. The summed E-state index contributed by atoms with van der Waals surface area (Å²) in [6, 6.07) is 11.0. The van der Waals surface area contributed by atoms with Gasteiger partial charge in [-0.2, -0.15) is 0 Å². The van der Waals surface area contributed by atoms with E-state index in [0.29, 0.717) is 11.3 Å². The molecule has 0 saturated heterocycles. The highest BCUT2D eigenvalue weighted by Gasteiger charge is 2.09. The van der Waals surface area contributed by atoms with Crippen LogP contribution in [-0.4, -0.2) is 15.9 Å². The third kappa shape index (κ3) is 2.76. The fourth-order valence-electron chi connectivity index (χ4n) is 2.11. The molecule has 0 unspecified atom stereocenters. The maximum absolute atomic E-state index is 12.8. The third-order valence-electron chi connectivity index (χ3n) is 3.23. The number of rotatable bonds is 3. The predicted molar refractivity (Wildman–Crippen MR) is 79.8 cm³/mol. The molecule has 1 heterocycles. The van der Waals surface area contributed by atoms with Crippen LogP contribution < -0.4 is 5.32 Å². The lowest BCUT2D eigenvalue weighted by Crippen LogP contribution is -2.11. The van der Waals surface area contributed by atoms with Gasteiger partial charge < -0.3 is 10.3 Å². The topological polar surface area (TPSA) is 57.8 Å².